The predicted molar refractivity (Wildman–Crippen MR) is 49.2 cm³/mol. The molecule has 0 aliphatic rings. The van der Waals surface area contributed by atoms with Gasteiger partial charge in [0.25, 0.3) is 0 Å². The van der Waals surface area contributed by atoms with Crippen molar-refractivity contribution in [1.29, 1.82) is 0 Å². The molecule has 6 heteroatoms. The van der Waals surface area contributed by atoms with Gasteiger partial charge in [-0.15, -0.1) is 0 Å². The molecule has 0 spiro atoms. The number of aliphatic carboxylic acids is 1. The van der Waals surface area contributed by atoms with E-state index in [2.05, 4.69) is 0 Å². The lowest BCUT2D eigenvalue weighted by Crippen LogP contribution is -2.37. The van der Waals surface area contributed by atoms with Crippen molar-refractivity contribution >= 4 is 15.8 Å². The summed E-state index contributed by atoms with van der Waals surface area (Å²) in [5.74, 6) is -1.73. The van der Waals surface area contributed by atoms with Crippen molar-refractivity contribution < 1.29 is 18.3 Å². The number of hydrogen-bond acceptors (Lipinski definition) is 4. The number of carboxylic acid groups (broad SMARTS) is 1. The van der Waals surface area contributed by atoms with Gasteiger partial charge in [0.1, 0.15) is 6.04 Å². The van der Waals surface area contributed by atoms with Crippen molar-refractivity contribution in [2.45, 2.75) is 25.8 Å². The van der Waals surface area contributed by atoms with E-state index in [-0.39, 0.29) is 5.75 Å². The molecule has 0 aromatic rings. The molecule has 0 aromatic heterocycles. The molecule has 3 N–H and O–H groups in total. The summed E-state index contributed by atoms with van der Waals surface area (Å²) in [6.07, 6.45) is 1.32. The smallest absolute Gasteiger partial charge is 0.321 e. The van der Waals surface area contributed by atoms with Gasteiger partial charge in [0.2, 0.25) is 0 Å². The molecule has 0 heterocycles. The number of carbonyl (C=O) groups is 1. The van der Waals surface area contributed by atoms with Gasteiger partial charge in [0, 0.05) is 0 Å². The average Bonchev–Trinajstić information content (AvgIpc) is 2.00. The van der Waals surface area contributed by atoms with E-state index in [4.69, 9.17) is 10.8 Å². The van der Waals surface area contributed by atoms with Gasteiger partial charge >= 0.3 is 5.97 Å². The van der Waals surface area contributed by atoms with Crippen molar-refractivity contribution in [3.8, 4) is 0 Å². The normalized spacial score (nSPS) is 14.0. The quantitative estimate of drug-likeness (QED) is 0.621. The van der Waals surface area contributed by atoms with Gasteiger partial charge in [-0.25, -0.2) is 8.42 Å². The minimum atomic E-state index is -3.29. The van der Waals surface area contributed by atoms with Crippen molar-refractivity contribution in [3.63, 3.8) is 0 Å². The molecule has 0 aliphatic heterocycles. The molecule has 1 atom stereocenters. The summed E-state index contributed by atoms with van der Waals surface area (Å²) in [7, 11) is -3.29. The number of nitrogens with two attached hydrogens (primary N) is 1. The second-order valence-corrected chi connectivity index (χ2v) is 5.14. The molecule has 5 nitrogen and oxygen atoms in total. The van der Waals surface area contributed by atoms with E-state index in [1.807, 2.05) is 6.92 Å². The third-order valence-electron chi connectivity index (χ3n) is 1.56. The third kappa shape index (κ3) is 5.59. The summed E-state index contributed by atoms with van der Waals surface area (Å²) in [6.45, 7) is 1.87. The topological polar surface area (TPSA) is 97.5 Å². The molecule has 13 heavy (non-hydrogen) atoms. The monoisotopic (exact) mass is 209 g/mol. The first-order valence-corrected chi connectivity index (χ1v) is 5.90. The van der Waals surface area contributed by atoms with Crippen molar-refractivity contribution in [3.05, 3.63) is 0 Å². The van der Waals surface area contributed by atoms with Crippen LogP contribution in [0.1, 0.15) is 19.8 Å². The molecule has 0 rings (SSSR count). The highest BCUT2D eigenvalue weighted by atomic mass is 32.2. The molecule has 0 aliphatic carbocycles. The van der Waals surface area contributed by atoms with Gasteiger partial charge < -0.3 is 10.8 Å². The summed E-state index contributed by atoms with van der Waals surface area (Å²) in [5.41, 5.74) is 5.10. The zero-order valence-electron chi connectivity index (χ0n) is 7.56. The first-order chi connectivity index (χ1) is 5.89. The van der Waals surface area contributed by atoms with E-state index < -0.39 is 27.6 Å². The van der Waals surface area contributed by atoms with Gasteiger partial charge in [-0.1, -0.05) is 13.3 Å². The Morgan fingerprint density at radius 2 is 2.08 bits per heavy atom. The average molecular weight is 209 g/mol. The van der Waals surface area contributed by atoms with Crippen LogP contribution < -0.4 is 5.73 Å². The maximum atomic E-state index is 11.2. The fourth-order valence-corrected chi connectivity index (χ4v) is 2.38. The number of rotatable bonds is 6. The number of hydrogen-bond donors (Lipinski definition) is 2. The highest BCUT2D eigenvalue weighted by molar-refractivity contribution is 7.91. The molecule has 0 radical (unpaired) electrons. The van der Waals surface area contributed by atoms with Gasteiger partial charge in [-0.3, -0.25) is 4.79 Å². The first-order valence-electron chi connectivity index (χ1n) is 4.08. The maximum Gasteiger partial charge on any atom is 0.321 e. The lowest BCUT2D eigenvalue weighted by molar-refractivity contribution is -0.137. The largest absolute Gasteiger partial charge is 0.480 e. The fraction of sp³-hybridized carbons (Fsp3) is 0.857. The van der Waals surface area contributed by atoms with E-state index in [1.165, 1.54) is 0 Å². The van der Waals surface area contributed by atoms with Crippen molar-refractivity contribution in [2.24, 2.45) is 5.73 Å². The highest BCUT2D eigenvalue weighted by Gasteiger charge is 2.20. The maximum absolute atomic E-state index is 11.2. The molecule has 0 saturated carbocycles. The number of sulfone groups is 1. The second-order valence-electron chi connectivity index (χ2n) is 2.91. The fourth-order valence-electron chi connectivity index (χ4n) is 0.792. The Bertz CT molecular complexity index is 260. The molecule has 0 amide bonds. The molecular formula is C7H15NO4S. The zero-order valence-corrected chi connectivity index (χ0v) is 8.38. The van der Waals surface area contributed by atoms with E-state index >= 15 is 0 Å². The van der Waals surface area contributed by atoms with Crippen LogP contribution in [0.5, 0.6) is 0 Å². The van der Waals surface area contributed by atoms with Crippen LogP contribution in [0.2, 0.25) is 0 Å². The Morgan fingerprint density at radius 1 is 1.54 bits per heavy atom. The Labute approximate surface area is 77.8 Å². The molecule has 0 unspecified atom stereocenters. The van der Waals surface area contributed by atoms with Gasteiger partial charge in [-0.05, 0) is 6.42 Å². The van der Waals surface area contributed by atoms with Gasteiger partial charge in [-0.2, -0.15) is 0 Å². The summed E-state index contributed by atoms with van der Waals surface area (Å²) in [5, 5.41) is 8.38. The standard InChI is InChI=1S/C7H15NO4S/c1-2-3-4-13(11,12)5-6(8)7(9)10/h6H,2-5,8H2,1H3,(H,9,10)/t6-/m1/s1. The molecule has 0 aromatic carbocycles. The molecule has 78 valence electrons. The van der Waals surface area contributed by atoms with Gasteiger partial charge in [0.15, 0.2) is 9.84 Å². The summed E-state index contributed by atoms with van der Waals surface area (Å²) in [6, 6.07) is -1.30. The highest BCUT2D eigenvalue weighted by Crippen LogP contribution is 1.98. The second kappa shape index (κ2) is 5.18. The van der Waals surface area contributed by atoms with E-state index in [0.717, 1.165) is 6.42 Å². The molecular weight excluding hydrogens is 194 g/mol. The minimum Gasteiger partial charge on any atom is -0.480 e. The summed E-state index contributed by atoms with van der Waals surface area (Å²) < 4.78 is 22.3. The first kappa shape index (κ1) is 12.4. The van der Waals surface area contributed by atoms with Gasteiger partial charge in [0.05, 0.1) is 11.5 Å². The lowest BCUT2D eigenvalue weighted by Gasteiger charge is -2.06. The number of unbranched alkanes of at least 4 members (excludes halogenated alkanes) is 1. The molecule has 0 fully saturated rings. The molecule has 0 saturated heterocycles. The third-order valence-corrected chi connectivity index (χ3v) is 3.34. The number of carboxylic acids is 1. The van der Waals surface area contributed by atoms with Crippen LogP contribution in [0.3, 0.4) is 0 Å². The SMILES string of the molecule is CCCCS(=O)(=O)C[C@@H](N)C(=O)O. The van der Waals surface area contributed by atoms with Crippen LogP contribution in [0.15, 0.2) is 0 Å². The Hall–Kier alpha value is -0.620. The van der Waals surface area contributed by atoms with E-state index in [0.29, 0.717) is 6.42 Å². The van der Waals surface area contributed by atoms with Crippen LogP contribution in [0, 0.1) is 0 Å². The van der Waals surface area contributed by atoms with Crippen LogP contribution in [0.25, 0.3) is 0 Å². The van der Waals surface area contributed by atoms with Crippen LogP contribution in [0.4, 0.5) is 0 Å². The van der Waals surface area contributed by atoms with E-state index in [9.17, 15) is 13.2 Å². The zero-order chi connectivity index (χ0) is 10.5. The summed E-state index contributed by atoms with van der Waals surface area (Å²) >= 11 is 0. The minimum absolute atomic E-state index is 0.0183. The lowest BCUT2D eigenvalue weighted by atomic mass is 10.4. The Morgan fingerprint density at radius 3 is 2.46 bits per heavy atom. The summed E-state index contributed by atoms with van der Waals surface area (Å²) in [4.78, 5) is 10.3. The Balaban J connectivity index is 4.10. The van der Waals surface area contributed by atoms with Crippen molar-refractivity contribution in [1.82, 2.24) is 0 Å². The van der Waals surface area contributed by atoms with Crippen molar-refractivity contribution in [2.75, 3.05) is 11.5 Å². The van der Waals surface area contributed by atoms with Crippen LogP contribution in [-0.2, 0) is 14.6 Å². The Kier molecular flexibility index (Phi) is 4.94. The van der Waals surface area contributed by atoms with Crippen LogP contribution in [-0.4, -0.2) is 37.0 Å². The van der Waals surface area contributed by atoms with E-state index in [1.54, 1.807) is 0 Å². The van der Waals surface area contributed by atoms with Crippen LogP contribution >= 0.6 is 0 Å². The molecule has 0 bridgehead atoms. The predicted octanol–water partition coefficient (Wildman–Crippen LogP) is -0.387.